The monoisotopic (exact) mass is 397 g/mol. The third-order valence-electron chi connectivity index (χ3n) is 5.48. The Morgan fingerprint density at radius 1 is 0.867 bits per heavy atom. The fourth-order valence-electron chi connectivity index (χ4n) is 3.41. The summed E-state index contributed by atoms with van der Waals surface area (Å²) in [4.78, 5) is 4.65. The normalized spacial score (nSPS) is 12.7. The minimum Gasteiger partial charge on any atom is -0.285 e. The van der Waals surface area contributed by atoms with E-state index >= 15 is 0 Å². The van der Waals surface area contributed by atoms with Gasteiger partial charge in [0.1, 0.15) is 0 Å². The van der Waals surface area contributed by atoms with Crippen LogP contribution in [0.15, 0.2) is 102 Å². The molecule has 0 aliphatic heterocycles. The van der Waals surface area contributed by atoms with Gasteiger partial charge in [-0.05, 0) is 66.5 Å². The minimum atomic E-state index is 0.626. The summed E-state index contributed by atoms with van der Waals surface area (Å²) < 4.78 is 0. The van der Waals surface area contributed by atoms with Crippen molar-refractivity contribution in [3.63, 3.8) is 0 Å². The highest BCUT2D eigenvalue weighted by molar-refractivity contribution is 5.98. The second-order valence-electron chi connectivity index (χ2n) is 7.64. The number of allylic oxidation sites excluding steroid dienone is 4. The van der Waals surface area contributed by atoms with Crippen LogP contribution in [0.2, 0.25) is 0 Å². The smallest absolute Gasteiger partial charge is 0.0637 e. The fraction of sp³-hybridized carbons (Fsp3) is 0.276. The lowest BCUT2D eigenvalue weighted by molar-refractivity contribution is 1.10. The fourth-order valence-corrected chi connectivity index (χ4v) is 3.41. The molecule has 2 aromatic rings. The molecule has 0 aliphatic carbocycles. The Balaban J connectivity index is 1.95. The second-order valence-corrected chi connectivity index (χ2v) is 7.64. The van der Waals surface area contributed by atoms with Crippen LogP contribution in [-0.2, 0) is 6.42 Å². The van der Waals surface area contributed by atoms with Gasteiger partial charge in [-0.2, -0.15) is 0 Å². The molecule has 0 amide bonds. The van der Waals surface area contributed by atoms with Gasteiger partial charge in [-0.15, -0.1) is 0 Å². The summed E-state index contributed by atoms with van der Waals surface area (Å²) >= 11 is 0. The predicted molar refractivity (Wildman–Crippen MR) is 134 cm³/mol. The molecule has 0 unspecified atom stereocenters. The third-order valence-corrected chi connectivity index (χ3v) is 5.48. The topological polar surface area (TPSA) is 12.4 Å². The first-order chi connectivity index (χ1) is 14.5. The van der Waals surface area contributed by atoms with Crippen LogP contribution in [0.5, 0.6) is 0 Å². The zero-order valence-corrected chi connectivity index (χ0v) is 19.0. The number of aliphatic imine (C=N–C) groups is 1. The molecular weight excluding hydrogens is 362 g/mol. The van der Waals surface area contributed by atoms with Gasteiger partial charge >= 0.3 is 0 Å². The summed E-state index contributed by atoms with van der Waals surface area (Å²) in [5.41, 5.74) is 9.77. The van der Waals surface area contributed by atoms with E-state index in [-0.39, 0.29) is 0 Å². The third kappa shape index (κ3) is 6.84. The number of nitrogens with zero attached hydrogens (tertiary/aromatic N) is 1. The molecule has 0 spiro atoms. The van der Waals surface area contributed by atoms with Gasteiger partial charge in [0.2, 0.25) is 0 Å². The average Bonchev–Trinajstić information content (AvgIpc) is 2.78. The van der Waals surface area contributed by atoms with Crippen LogP contribution >= 0.6 is 0 Å². The number of hydrogen-bond acceptors (Lipinski definition) is 1. The van der Waals surface area contributed by atoms with Gasteiger partial charge in [-0.25, -0.2) is 0 Å². The van der Waals surface area contributed by atoms with E-state index in [0.29, 0.717) is 6.54 Å². The minimum absolute atomic E-state index is 0.626. The van der Waals surface area contributed by atoms with Crippen molar-refractivity contribution in [3.05, 3.63) is 113 Å². The maximum absolute atomic E-state index is 4.65. The molecule has 0 heterocycles. The van der Waals surface area contributed by atoms with Gasteiger partial charge in [-0.3, -0.25) is 4.99 Å². The van der Waals surface area contributed by atoms with Crippen molar-refractivity contribution >= 4 is 11.3 Å². The van der Waals surface area contributed by atoms with Crippen molar-refractivity contribution < 1.29 is 0 Å². The molecule has 156 valence electrons. The summed E-state index contributed by atoms with van der Waals surface area (Å²) in [6.45, 7) is 17.6. The second kappa shape index (κ2) is 11.9. The van der Waals surface area contributed by atoms with Gasteiger partial charge in [0.25, 0.3) is 0 Å². The van der Waals surface area contributed by atoms with E-state index in [2.05, 4.69) is 87.5 Å². The van der Waals surface area contributed by atoms with Gasteiger partial charge in [0.05, 0.1) is 6.54 Å². The molecule has 30 heavy (non-hydrogen) atoms. The molecule has 0 atom stereocenters. The molecule has 0 N–H and O–H groups in total. The molecule has 0 fully saturated rings. The van der Waals surface area contributed by atoms with Crippen LogP contribution in [0.4, 0.5) is 0 Å². The van der Waals surface area contributed by atoms with Crippen molar-refractivity contribution in [2.24, 2.45) is 4.99 Å². The zero-order valence-electron chi connectivity index (χ0n) is 19.0. The molecule has 2 rings (SSSR count). The van der Waals surface area contributed by atoms with Crippen LogP contribution in [-0.4, -0.2) is 12.3 Å². The molecule has 0 aromatic heterocycles. The Morgan fingerprint density at radius 2 is 1.53 bits per heavy atom. The highest BCUT2D eigenvalue weighted by Gasteiger charge is 2.06. The van der Waals surface area contributed by atoms with Crippen LogP contribution in [0.1, 0.15) is 57.2 Å². The van der Waals surface area contributed by atoms with E-state index in [9.17, 15) is 0 Å². The van der Waals surface area contributed by atoms with E-state index in [1.807, 2.05) is 25.1 Å². The first-order valence-electron chi connectivity index (χ1n) is 10.8. The lowest BCUT2D eigenvalue weighted by Crippen LogP contribution is -1.96. The standard InChI is InChI=1S/C29H35N/c1-7-23(4)24(5)29(8-2)28-19-17-26(18-20-28)14-12-13-22(3)21-30-25(6)27-15-10-9-11-16-27/h9-13,15-20H,3-4,7-8,14,21H2,1-2,5-6H3/b13-12-,29-24+,30-25+. The molecule has 0 saturated carbocycles. The summed E-state index contributed by atoms with van der Waals surface area (Å²) in [5, 5.41) is 0. The van der Waals surface area contributed by atoms with Crippen LogP contribution in [0, 0.1) is 0 Å². The Hall–Kier alpha value is -2.93. The molecule has 0 radical (unpaired) electrons. The van der Waals surface area contributed by atoms with Crippen LogP contribution in [0.3, 0.4) is 0 Å². The highest BCUT2D eigenvalue weighted by Crippen LogP contribution is 2.27. The first kappa shape index (κ1) is 23.3. The zero-order chi connectivity index (χ0) is 21.9. The summed E-state index contributed by atoms with van der Waals surface area (Å²) in [6, 6.07) is 19.2. The molecular formula is C29H35N. The number of hydrogen-bond donors (Lipinski definition) is 0. The Kier molecular flexibility index (Phi) is 9.28. The largest absolute Gasteiger partial charge is 0.285 e. The van der Waals surface area contributed by atoms with Gasteiger partial charge in [-0.1, -0.05) is 99.3 Å². The maximum Gasteiger partial charge on any atom is 0.0637 e. The molecule has 0 bridgehead atoms. The Bertz CT molecular complexity index is 938. The van der Waals surface area contributed by atoms with Crippen molar-refractivity contribution in [2.45, 2.75) is 47.0 Å². The average molecular weight is 398 g/mol. The maximum atomic E-state index is 4.65. The summed E-state index contributed by atoms with van der Waals surface area (Å²) in [5.74, 6) is 0. The Labute approximate surface area is 183 Å². The number of rotatable bonds is 10. The highest BCUT2D eigenvalue weighted by atomic mass is 14.7. The lowest BCUT2D eigenvalue weighted by Gasteiger charge is -2.13. The molecule has 1 nitrogen and oxygen atoms in total. The first-order valence-corrected chi connectivity index (χ1v) is 10.8. The van der Waals surface area contributed by atoms with Gasteiger partial charge in [0.15, 0.2) is 0 Å². The van der Waals surface area contributed by atoms with Crippen molar-refractivity contribution in [2.75, 3.05) is 6.54 Å². The van der Waals surface area contributed by atoms with Gasteiger partial charge in [0, 0.05) is 5.71 Å². The summed E-state index contributed by atoms with van der Waals surface area (Å²) in [6.07, 6.45) is 7.17. The molecule has 0 saturated heterocycles. The molecule has 1 heteroatoms. The Morgan fingerprint density at radius 3 is 2.13 bits per heavy atom. The predicted octanol–water partition coefficient (Wildman–Crippen LogP) is 8.00. The van der Waals surface area contributed by atoms with E-state index in [4.69, 9.17) is 0 Å². The lowest BCUT2D eigenvalue weighted by atomic mass is 9.93. The van der Waals surface area contributed by atoms with Crippen LogP contribution in [0.25, 0.3) is 5.57 Å². The van der Waals surface area contributed by atoms with E-state index in [1.165, 1.54) is 27.8 Å². The summed E-state index contributed by atoms with van der Waals surface area (Å²) in [7, 11) is 0. The van der Waals surface area contributed by atoms with E-state index in [0.717, 1.165) is 36.1 Å². The number of benzene rings is 2. The van der Waals surface area contributed by atoms with E-state index < -0.39 is 0 Å². The quantitative estimate of drug-likeness (QED) is 0.284. The van der Waals surface area contributed by atoms with E-state index in [1.54, 1.807) is 0 Å². The molecule has 0 aliphatic rings. The van der Waals surface area contributed by atoms with Crippen LogP contribution < -0.4 is 0 Å². The van der Waals surface area contributed by atoms with Crippen molar-refractivity contribution in [3.8, 4) is 0 Å². The van der Waals surface area contributed by atoms with Crippen molar-refractivity contribution in [1.82, 2.24) is 0 Å². The van der Waals surface area contributed by atoms with Crippen molar-refractivity contribution in [1.29, 1.82) is 0 Å². The molecule has 2 aromatic carbocycles. The van der Waals surface area contributed by atoms with Gasteiger partial charge < -0.3 is 0 Å². The SMILES string of the molecule is C=C(/C=C\Cc1ccc(/C(CC)=C(\C)C(=C)CC)cc1)C/N=C(\C)c1ccccc1.